The monoisotopic (exact) mass is 607 g/mol. The lowest BCUT2D eigenvalue weighted by Crippen LogP contribution is -2.51. The molecule has 12 heteroatoms. The van der Waals surface area contributed by atoms with Crippen molar-refractivity contribution in [3.8, 4) is 11.5 Å². The van der Waals surface area contributed by atoms with Gasteiger partial charge in [-0.15, -0.1) is 0 Å². The highest BCUT2D eigenvalue weighted by atomic mass is 35.5. The average molecular weight is 609 g/mol. The van der Waals surface area contributed by atoms with Crippen LogP contribution >= 0.6 is 23.2 Å². The fraction of sp³-hybridized carbons (Fsp3) is 0.286. The average Bonchev–Trinajstić information content (AvgIpc) is 2.96. The van der Waals surface area contributed by atoms with Gasteiger partial charge < -0.3 is 19.7 Å². The van der Waals surface area contributed by atoms with Gasteiger partial charge in [0.15, 0.2) is 11.5 Å². The van der Waals surface area contributed by atoms with E-state index in [9.17, 15) is 18.0 Å². The van der Waals surface area contributed by atoms with Crippen LogP contribution in [-0.4, -0.2) is 59.0 Å². The number of hydrogen-bond acceptors (Lipinski definition) is 6. The molecule has 0 aliphatic heterocycles. The van der Waals surface area contributed by atoms with E-state index in [-0.39, 0.29) is 29.3 Å². The van der Waals surface area contributed by atoms with E-state index >= 15 is 0 Å². The second kappa shape index (κ2) is 13.7. The molecule has 0 aromatic heterocycles. The van der Waals surface area contributed by atoms with Gasteiger partial charge >= 0.3 is 0 Å². The first kappa shape index (κ1) is 31.1. The number of nitrogens with zero attached hydrogens (tertiary/aromatic N) is 2. The van der Waals surface area contributed by atoms with Crippen molar-refractivity contribution in [2.24, 2.45) is 0 Å². The van der Waals surface area contributed by atoms with Gasteiger partial charge in [-0.2, -0.15) is 0 Å². The highest BCUT2D eigenvalue weighted by Gasteiger charge is 2.34. The summed E-state index contributed by atoms with van der Waals surface area (Å²) in [7, 11) is 0.132. The minimum atomic E-state index is -4.23. The van der Waals surface area contributed by atoms with Gasteiger partial charge in [0, 0.05) is 29.7 Å². The van der Waals surface area contributed by atoms with Gasteiger partial charge in [-0.05, 0) is 48.4 Å². The van der Waals surface area contributed by atoms with Crippen molar-refractivity contribution in [2.45, 2.75) is 30.8 Å². The van der Waals surface area contributed by atoms with Crippen LogP contribution in [-0.2, 0) is 26.2 Å². The van der Waals surface area contributed by atoms with Crippen LogP contribution in [0.4, 0.5) is 5.69 Å². The van der Waals surface area contributed by atoms with Crippen LogP contribution in [0, 0.1) is 0 Å². The van der Waals surface area contributed by atoms with Crippen LogP contribution < -0.4 is 19.1 Å². The Balaban J connectivity index is 2.12. The number of anilines is 1. The molecule has 3 rings (SSSR count). The summed E-state index contributed by atoms with van der Waals surface area (Å²) in [5.74, 6) is -0.345. The Hall–Kier alpha value is -3.47. The first-order valence-corrected chi connectivity index (χ1v) is 14.5. The standard InChI is InChI=1S/C28H31Cl2N3O6S/c1-5-24(28(35)31-2)32(17-19-11-12-20(29)15-23(19)30)27(34)18-33(40(36,37)22-9-7-6-8-10-22)21-13-14-25(38-3)26(16-21)39-4/h6-16,24H,5,17-18H2,1-4H3,(H,31,35)/t24-/m1/s1. The maximum Gasteiger partial charge on any atom is 0.264 e. The minimum absolute atomic E-state index is 0.0109. The minimum Gasteiger partial charge on any atom is -0.493 e. The van der Waals surface area contributed by atoms with Crippen LogP contribution in [0.5, 0.6) is 11.5 Å². The fourth-order valence-electron chi connectivity index (χ4n) is 4.15. The number of ether oxygens (including phenoxy) is 2. The lowest BCUT2D eigenvalue weighted by atomic mass is 10.1. The summed E-state index contributed by atoms with van der Waals surface area (Å²) >= 11 is 12.4. The van der Waals surface area contributed by atoms with Gasteiger partial charge in [-0.1, -0.05) is 54.4 Å². The normalized spacial score (nSPS) is 11.8. The van der Waals surface area contributed by atoms with E-state index in [2.05, 4.69) is 5.32 Å². The summed E-state index contributed by atoms with van der Waals surface area (Å²) in [6.45, 7) is 1.10. The molecule has 3 aromatic rings. The van der Waals surface area contributed by atoms with Gasteiger partial charge in [0.25, 0.3) is 10.0 Å². The number of amides is 2. The zero-order valence-corrected chi connectivity index (χ0v) is 24.9. The Morgan fingerprint density at radius 1 is 0.950 bits per heavy atom. The van der Waals surface area contributed by atoms with Crippen molar-refractivity contribution >= 4 is 50.7 Å². The zero-order chi connectivity index (χ0) is 29.4. The molecule has 0 aliphatic carbocycles. The summed E-state index contributed by atoms with van der Waals surface area (Å²) in [4.78, 5) is 28.1. The number of carbonyl (C=O) groups is 2. The number of rotatable bonds is 12. The topological polar surface area (TPSA) is 105 Å². The van der Waals surface area contributed by atoms with Crippen LogP contribution in [0.25, 0.3) is 0 Å². The number of halogens is 2. The fourth-order valence-corrected chi connectivity index (χ4v) is 6.04. The van der Waals surface area contributed by atoms with Gasteiger partial charge in [0.05, 0.1) is 24.8 Å². The number of sulfonamides is 1. The summed E-state index contributed by atoms with van der Waals surface area (Å²) < 4.78 is 39.4. The van der Waals surface area contributed by atoms with E-state index in [0.29, 0.717) is 21.4 Å². The van der Waals surface area contributed by atoms with Crippen molar-refractivity contribution in [2.75, 3.05) is 32.1 Å². The molecule has 1 N–H and O–H groups in total. The third-order valence-corrected chi connectivity index (χ3v) is 8.63. The van der Waals surface area contributed by atoms with E-state index < -0.39 is 34.4 Å². The SMILES string of the molecule is CC[C@H](C(=O)NC)N(Cc1ccc(Cl)cc1Cl)C(=O)CN(c1ccc(OC)c(OC)c1)S(=O)(=O)c1ccccc1. The lowest BCUT2D eigenvalue weighted by molar-refractivity contribution is -0.140. The van der Waals surface area contributed by atoms with Crippen molar-refractivity contribution in [1.29, 1.82) is 0 Å². The number of benzene rings is 3. The molecular weight excluding hydrogens is 577 g/mol. The zero-order valence-electron chi connectivity index (χ0n) is 22.6. The molecule has 1 atom stereocenters. The van der Waals surface area contributed by atoms with Gasteiger partial charge in [-0.25, -0.2) is 8.42 Å². The first-order valence-electron chi connectivity index (χ1n) is 12.3. The van der Waals surface area contributed by atoms with Crippen LogP contribution in [0.1, 0.15) is 18.9 Å². The molecule has 40 heavy (non-hydrogen) atoms. The summed E-state index contributed by atoms with van der Waals surface area (Å²) in [5.41, 5.74) is 0.720. The molecule has 214 valence electrons. The third-order valence-electron chi connectivity index (χ3n) is 6.25. The molecule has 0 heterocycles. The number of hydrogen-bond donors (Lipinski definition) is 1. The van der Waals surface area contributed by atoms with Crippen LogP contribution in [0.2, 0.25) is 10.0 Å². The Labute approximate surface area is 244 Å². The van der Waals surface area contributed by atoms with Gasteiger partial charge in [0.2, 0.25) is 11.8 Å². The maximum absolute atomic E-state index is 14.0. The number of likely N-dealkylation sites (N-methyl/N-ethyl adjacent to an activating group) is 1. The maximum atomic E-state index is 14.0. The molecule has 0 unspecified atom stereocenters. The molecule has 0 saturated heterocycles. The van der Waals surface area contributed by atoms with Gasteiger partial charge in [-0.3, -0.25) is 13.9 Å². The predicted octanol–water partition coefficient (Wildman–Crippen LogP) is 4.76. The molecule has 0 bridgehead atoms. The first-order chi connectivity index (χ1) is 19.1. The lowest BCUT2D eigenvalue weighted by Gasteiger charge is -2.33. The third kappa shape index (κ3) is 6.99. The largest absolute Gasteiger partial charge is 0.493 e. The Kier molecular flexibility index (Phi) is 10.7. The Bertz CT molecular complexity index is 1450. The Morgan fingerprint density at radius 2 is 1.62 bits per heavy atom. The molecular formula is C28H31Cl2N3O6S. The number of nitrogens with one attached hydrogen (secondary N) is 1. The molecule has 0 saturated carbocycles. The van der Waals surface area contributed by atoms with Crippen molar-refractivity contribution < 1.29 is 27.5 Å². The van der Waals surface area contributed by atoms with E-state index in [0.717, 1.165) is 4.31 Å². The quantitative estimate of drug-likeness (QED) is 0.318. The Morgan fingerprint density at radius 3 is 2.20 bits per heavy atom. The highest BCUT2D eigenvalue weighted by Crippen LogP contribution is 2.34. The molecule has 3 aromatic carbocycles. The predicted molar refractivity (Wildman–Crippen MR) is 156 cm³/mol. The van der Waals surface area contributed by atoms with E-state index in [1.807, 2.05) is 0 Å². The highest BCUT2D eigenvalue weighted by molar-refractivity contribution is 7.92. The van der Waals surface area contributed by atoms with Crippen molar-refractivity contribution in [3.63, 3.8) is 0 Å². The van der Waals surface area contributed by atoms with Crippen molar-refractivity contribution in [3.05, 3.63) is 82.3 Å². The summed E-state index contributed by atoms with van der Waals surface area (Å²) in [5, 5.41) is 3.31. The molecule has 0 fully saturated rings. The van der Waals surface area contributed by atoms with Crippen LogP contribution in [0.3, 0.4) is 0 Å². The number of carbonyl (C=O) groups excluding carboxylic acids is 2. The molecule has 2 amide bonds. The number of methoxy groups -OCH3 is 2. The summed E-state index contributed by atoms with van der Waals surface area (Å²) in [6.07, 6.45) is 0.276. The van der Waals surface area contributed by atoms with Crippen LogP contribution in [0.15, 0.2) is 71.6 Å². The smallest absolute Gasteiger partial charge is 0.264 e. The summed E-state index contributed by atoms with van der Waals surface area (Å²) in [6, 6.07) is 16.2. The van der Waals surface area contributed by atoms with E-state index in [4.69, 9.17) is 32.7 Å². The second-order valence-corrected chi connectivity index (χ2v) is 11.4. The molecule has 9 nitrogen and oxygen atoms in total. The molecule has 0 spiro atoms. The van der Waals surface area contributed by atoms with Crippen molar-refractivity contribution in [1.82, 2.24) is 10.2 Å². The molecule has 0 aliphatic rings. The molecule has 0 radical (unpaired) electrons. The second-order valence-electron chi connectivity index (χ2n) is 8.66. The van der Waals surface area contributed by atoms with Gasteiger partial charge in [0.1, 0.15) is 12.6 Å². The van der Waals surface area contributed by atoms with E-state index in [1.165, 1.54) is 56.5 Å². The van der Waals surface area contributed by atoms with E-state index in [1.54, 1.807) is 43.3 Å².